The Hall–Kier alpha value is -2.03. The second-order valence-corrected chi connectivity index (χ2v) is 3.79. The molecule has 1 aromatic rings. The van der Waals surface area contributed by atoms with Crippen LogP contribution >= 0.6 is 0 Å². The molecule has 2 rings (SSSR count). The van der Waals surface area contributed by atoms with Gasteiger partial charge in [0.2, 0.25) is 5.91 Å². The maximum Gasteiger partial charge on any atom is 0.250 e. The molecular weight excluding hydrogens is 200 g/mol. The molecule has 2 N–H and O–H groups in total. The van der Waals surface area contributed by atoms with E-state index in [1.54, 1.807) is 12.3 Å². The van der Waals surface area contributed by atoms with Gasteiger partial charge in [0.15, 0.2) is 0 Å². The predicted octanol–water partition coefficient (Wildman–Crippen LogP) is 1.74. The molecule has 0 aromatic heterocycles. The fourth-order valence-electron chi connectivity index (χ4n) is 1.76. The van der Waals surface area contributed by atoms with Crippen molar-refractivity contribution in [3.05, 3.63) is 53.8 Å². The number of carbonyl (C=O) groups is 1. The number of nitrogens with zero attached hydrogens (tertiary/aromatic N) is 1. The topological polar surface area (TPSA) is 46.3 Å². The summed E-state index contributed by atoms with van der Waals surface area (Å²) in [5, 5.41) is 0. The molecule has 0 atom stereocenters. The zero-order chi connectivity index (χ0) is 11.5. The van der Waals surface area contributed by atoms with Gasteiger partial charge in [-0.05, 0) is 18.6 Å². The zero-order valence-electron chi connectivity index (χ0n) is 9.18. The van der Waals surface area contributed by atoms with Crippen LogP contribution in [-0.2, 0) is 4.79 Å². The highest BCUT2D eigenvalue weighted by Gasteiger charge is 2.11. The lowest BCUT2D eigenvalue weighted by atomic mass is 10.1. The average Bonchev–Trinajstić information content (AvgIpc) is 2.30. The first-order valence-electron chi connectivity index (χ1n) is 5.19. The first-order valence-corrected chi connectivity index (χ1v) is 5.19. The van der Waals surface area contributed by atoms with Crippen molar-refractivity contribution in [1.82, 2.24) is 0 Å². The van der Waals surface area contributed by atoms with E-state index in [1.165, 1.54) is 5.56 Å². The van der Waals surface area contributed by atoms with Crippen molar-refractivity contribution in [3.63, 3.8) is 0 Å². The Morgan fingerprint density at radius 3 is 2.81 bits per heavy atom. The van der Waals surface area contributed by atoms with Crippen LogP contribution in [0, 0.1) is 6.92 Å². The number of carbonyl (C=O) groups excluding carboxylic acids is 1. The lowest BCUT2D eigenvalue weighted by molar-refractivity contribution is -0.114. The zero-order valence-corrected chi connectivity index (χ0v) is 9.18. The van der Waals surface area contributed by atoms with E-state index in [2.05, 4.69) is 0 Å². The molecule has 0 saturated heterocycles. The third kappa shape index (κ3) is 1.98. The van der Waals surface area contributed by atoms with E-state index in [1.807, 2.05) is 42.2 Å². The number of nitrogens with two attached hydrogens (primary N) is 1. The average molecular weight is 214 g/mol. The summed E-state index contributed by atoms with van der Waals surface area (Å²) < 4.78 is 0. The van der Waals surface area contributed by atoms with Crippen molar-refractivity contribution < 1.29 is 4.79 Å². The van der Waals surface area contributed by atoms with Crippen molar-refractivity contribution in [2.24, 2.45) is 5.73 Å². The molecule has 1 heterocycles. The summed E-state index contributed by atoms with van der Waals surface area (Å²) >= 11 is 0. The van der Waals surface area contributed by atoms with Crippen LogP contribution in [-0.4, -0.2) is 12.5 Å². The van der Waals surface area contributed by atoms with E-state index in [4.69, 9.17) is 5.73 Å². The van der Waals surface area contributed by atoms with Crippen LogP contribution in [0.1, 0.15) is 5.56 Å². The van der Waals surface area contributed by atoms with Crippen molar-refractivity contribution in [1.29, 1.82) is 0 Å². The number of para-hydroxylation sites is 1. The second-order valence-electron chi connectivity index (χ2n) is 3.79. The third-order valence-electron chi connectivity index (χ3n) is 2.60. The van der Waals surface area contributed by atoms with Crippen LogP contribution in [0.5, 0.6) is 0 Å². The Kier molecular flexibility index (Phi) is 2.77. The summed E-state index contributed by atoms with van der Waals surface area (Å²) in [6.45, 7) is 2.81. The number of benzene rings is 1. The highest BCUT2D eigenvalue weighted by Crippen LogP contribution is 2.22. The number of hydrogen-bond donors (Lipinski definition) is 1. The normalized spacial score (nSPS) is 14.8. The fraction of sp³-hybridized carbons (Fsp3) is 0.154. The molecule has 16 heavy (non-hydrogen) atoms. The first kappa shape index (κ1) is 10.5. The SMILES string of the molecule is Cc1ccccc1N1C=C(C(N)=O)C=CC1. The predicted molar refractivity (Wildman–Crippen MR) is 64.9 cm³/mol. The monoisotopic (exact) mass is 214 g/mol. The molecule has 0 spiro atoms. The van der Waals surface area contributed by atoms with Gasteiger partial charge in [0.05, 0.1) is 5.57 Å². The number of rotatable bonds is 2. The second kappa shape index (κ2) is 4.23. The molecule has 1 aliphatic heterocycles. The van der Waals surface area contributed by atoms with Gasteiger partial charge in [-0.15, -0.1) is 0 Å². The molecule has 0 bridgehead atoms. The van der Waals surface area contributed by atoms with Gasteiger partial charge in [-0.3, -0.25) is 4.79 Å². The van der Waals surface area contributed by atoms with Crippen LogP contribution in [0.15, 0.2) is 48.2 Å². The summed E-state index contributed by atoms with van der Waals surface area (Å²) in [4.78, 5) is 13.1. The van der Waals surface area contributed by atoms with Crippen molar-refractivity contribution in [2.75, 3.05) is 11.4 Å². The van der Waals surface area contributed by atoms with E-state index in [9.17, 15) is 4.79 Å². The lowest BCUT2D eigenvalue weighted by Gasteiger charge is -2.24. The third-order valence-corrected chi connectivity index (χ3v) is 2.60. The van der Waals surface area contributed by atoms with E-state index < -0.39 is 5.91 Å². The number of anilines is 1. The van der Waals surface area contributed by atoms with Crippen LogP contribution in [0.25, 0.3) is 0 Å². The van der Waals surface area contributed by atoms with E-state index in [0.29, 0.717) is 5.57 Å². The number of primary amides is 1. The summed E-state index contributed by atoms with van der Waals surface area (Å²) in [7, 11) is 0. The van der Waals surface area contributed by atoms with Gasteiger partial charge in [0.25, 0.3) is 0 Å². The number of amides is 1. The van der Waals surface area contributed by atoms with Gasteiger partial charge in [0, 0.05) is 18.4 Å². The van der Waals surface area contributed by atoms with Gasteiger partial charge >= 0.3 is 0 Å². The van der Waals surface area contributed by atoms with Crippen LogP contribution in [0.2, 0.25) is 0 Å². The summed E-state index contributed by atoms with van der Waals surface area (Å²) in [5.74, 6) is -0.394. The largest absolute Gasteiger partial charge is 0.366 e. The molecule has 3 nitrogen and oxygen atoms in total. The molecule has 1 aromatic carbocycles. The van der Waals surface area contributed by atoms with Gasteiger partial charge < -0.3 is 10.6 Å². The molecule has 0 aliphatic carbocycles. The Bertz CT molecular complexity index is 475. The highest BCUT2D eigenvalue weighted by atomic mass is 16.1. The van der Waals surface area contributed by atoms with Gasteiger partial charge in [-0.2, -0.15) is 0 Å². The van der Waals surface area contributed by atoms with Crippen LogP contribution < -0.4 is 10.6 Å². The molecule has 0 fully saturated rings. The summed E-state index contributed by atoms with van der Waals surface area (Å²) in [5.41, 5.74) is 8.08. The molecule has 0 radical (unpaired) electrons. The van der Waals surface area contributed by atoms with E-state index >= 15 is 0 Å². The molecule has 1 aliphatic rings. The van der Waals surface area contributed by atoms with Gasteiger partial charge in [0.1, 0.15) is 0 Å². The smallest absolute Gasteiger partial charge is 0.250 e. The van der Waals surface area contributed by atoms with Crippen molar-refractivity contribution in [3.8, 4) is 0 Å². The highest BCUT2D eigenvalue weighted by molar-refractivity contribution is 5.95. The quantitative estimate of drug-likeness (QED) is 0.815. The van der Waals surface area contributed by atoms with Crippen LogP contribution in [0.4, 0.5) is 5.69 Å². The molecule has 3 heteroatoms. The van der Waals surface area contributed by atoms with Crippen molar-refractivity contribution in [2.45, 2.75) is 6.92 Å². The Morgan fingerprint density at radius 1 is 1.38 bits per heavy atom. The molecule has 1 amide bonds. The maximum absolute atomic E-state index is 11.1. The Morgan fingerprint density at radius 2 is 2.12 bits per heavy atom. The summed E-state index contributed by atoms with van der Waals surface area (Å²) in [6, 6.07) is 8.06. The number of aryl methyl sites for hydroxylation is 1. The minimum absolute atomic E-state index is 0.394. The Balaban J connectivity index is 2.34. The van der Waals surface area contributed by atoms with E-state index in [-0.39, 0.29) is 0 Å². The molecule has 82 valence electrons. The minimum Gasteiger partial charge on any atom is -0.366 e. The van der Waals surface area contributed by atoms with E-state index in [0.717, 1.165) is 12.2 Å². The maximum atomic E-state index is 11.1. The van der Waals surface area contributed by atoms with Crippen molar-refractivity contribution >= 4 is 11.6 Å². The molecule has 0 saturated carbocycles. The molecular formula is C13H14N2O. The Labute approximate surface area is 94.9 Å². The number of hydrogen-bond acceptors (Lipinski definition) is 2. The van der Waals surface area contributed by atoms with Crippen LogP contribution in [0.3, 0.4) is 0 Å². The van der Waals surface area contributed by atoms with Gasteiger partial charge in [-0.1, -0.05) is 30.4 Å². The first-order chi connectivity index (χ1) is 7.68. The molecule has 0 unspecified atom stereocenters. The minimum atomic E-state index is -0.394. The summed E-state index contributed by atoms with van der Waals surface area (Å²) in [6.07, 6.45) is 5.49. The standard InChI is InChI=1S/C13H14N2O/c1-10-5-2-3-7-12(10)15-8-4-6-11(9-15)13(14)16/h2-7,9H,8H2,1H3,(H2,14,16). The van der Waals surface area contributed by atoms with Gasteiger partial charge in [-0.25, -0.2) is 0 Å². The fourth-order valence-corrected chi connectivity index (χ4v) is 1.76. The lowest BCUT2D eigenvalue weighted by Crippen LogP contribution is -2.24.